The standard InChI is InChI=1S/C15H20N2O/c1-10-12(9-11-5-4-8-17(11)2)15-13(16-10)6-3-7-14(15)18/h3,6-7,11,16,18H,4-5,8-9H2,1-2H3/t11-/m1/s1. The number of nitrogens with one attached hydrogen (secondary N) is 1. The fourth-order valence-corrected chi connectivity index (χ4v) is 3.15. The molecule has 0 radical (unpaired) electrons. The number of phenolic OH excluding ortho intramolecular Hbond substituents is 1. The predicted molar refractivity (Wildman–Crippen MR) is 74.1 cm³/mol. The third-order valence-electron chi connectivity index (χ3n) is 4.23. The van der Waals surface area contributed by atoms with Crippen molar-refractivity contribution in [1.82, 2.24) is 9.88 Å². The minimum absolute atomic E-state index is 0.396. The highest BCUT2D eigenvalue weighted by molar-refractivity contribution is 5.90. The quantitative estimate of drug-likeness (QED) is 0.852. The number of phenols is 1. The largest absolute Gasteiger partial charge is 0.507 e. The maximum Gasteiger partial charge on any atom is 0.125 e. The lowest BCUT2D eigenvalue weighted by Gasteiger charge is -2.19. The van der Waals surface area contributed by atoms with Crippen molar-refractivity contribution in [1.29, 1.82) is 0 Å². The van der Waals surface area contributed by atoms with Crippen molar-refractivity contribution >= 4 is 10.9 Å². The lowest BCUT2D eigenvalue weighted by molar-refractivity contribution is 0.309. The van der Waals surface area contributed by atoms with Crippen LogP contribution in [-0.2, 0) is 6.42 Å². The van der Waals surface area contributed by atoms with Gasteiger partial charge in [0.2, 0.25) is 0 Å². The summed E-state index contributed by atoms with van der Waals surface area (Å²) in [4.78, 5) is 5.81. The molecule has 3 rings (SSSR count). The van der Waals surface area contributed by atoms with E-state index in [4.69, 9.17) is 0 Å². The summed E-state index contributed by atoms with van der Waals surface area (Å²) >= 11 is 0. The summed E-state index contributed by atoms with van der Waals surface area (Å²) in [5.74, 6) is 0.396. The van der Waals surface area contributed by atoms with E-state index in [1.54, 1.807) is 6.07 Å². The molecule has 2 heterocycles. The van der Waals surface area contributed by atoms with Gasteiger partial charge in [-0.05, 0) is 57.5 Å². The fourth-order valence-electron chi connectivity index (χ4n) is 3.15. The normalized spacial score (nSPS) is 20.9. The highest BCUT2D eigenvalue weighted by Gasteiger charge is 2.23. The number of fused-ring (bicyclic) bond motifs is 1. The molecule has 0 unspecified atom stereocenters. The molecular weight excluding hydrogens is 224 g/mol. The Morgan fingerprint density at radius 1 is 1.44 bits per heavy atom. The molecule has 1 atom stereocenters. The summed E-state index contributed by atoms with van der Waals surface area (Å²) in [6.07, 6.45) is 3.57. The Hall–Kier alpha value is -1.48. The first-order chi connectivity index (χ1) is 8.66. The second-order valence-corrected chi connectivity index (χ2v) is 5.41. The van der Waals surface area contributed by atoms with Gasteiger partial charge in [0.05, 0.1) is 0 Å². The maximum absolute atomic E-state index is 10.1. The van der Waals surface area contributed by atoms with Crippen LogP contribution >= 0.6 is 0 Å². The number of benzene rings is 1. The van der Waals surface area contributed by atoms with Crippen LogP contribution in [0.2, 0.25) is 0 Å². The molecule has 18 heavy (non-hydrogen) atoms. The van der Waals surface area contributed by atoms with Crippen LogP contribution in [0.4, 0.5) is 0 Å². The Morgan fingerprint density at radius 2 is 2.28 bits per heavy atom. The lowest BCUT2D eigenvalue weighted by atomic mass is 10.0. The van der Waals surface area contributed by atoms with Crippen LogP contribution in [0.1, 0.15) is 24.1 Å². The van der Waals surface area contributed by atoms with E-state index in [-0.39, 0.29) is 0 Å². The number of H-pyrrole nitrogens is 1. The molecule has 1 aliphatic heterocycles. The van der Waals surface area contributed by atoms with Gasteiger partial charge in [-0.1, -0.05) is 6.07 Å². The Kier molecular flexibility index (Phi) is 2.78. The van der Waals surface area contributed by atoms with E-state index in [9.17, 15) is 5.11 Å². The molecule has 0 saturated carbocycles. The van der Waals surface area contributed by atoms with Gasteiger partial charge in [-0.3, -0.25) is 0 Å². The monoisotopic (exact) mass is 244 g/mol. The number of hydrogen-bond acceptors (Lipinski definition) is 2. The number of aryl methyl sites for hydroxylation is 1. The Balaban J connectivity index is 2.03. The van der Waals surface area contributed by atoms with Gasteiger partial charge in [-0.25, -0.2) is 0 Å². The minimum Gasteiger partial charge on any atom is -0.507 e. The number of hydrogen-bond donors (Lipinski definition) is 2. The van der Waals surface area contributed by atoms with Crippen molar-refractivity contribution < 1.29 is 5.11 Å². The SMILES string of the molecule is Cc1[nH]c2cccc(O)c2c1C[C@H]1CCCN1C. The van der Waals surface area contributed by atoms with Gasteiger partial charge >= 0.3 is 0 Å². The first kappa shape index (κ1) is 11.6. The molecular formula is C15H20N2O. The molecule has 1 aromatic heterocycles. The van der Waals surface area contributed by atoms with Crippen LogP contribution in [0.15, 0.2) is 18.2 Å². The Bertz CT molecular complexity index is 573. The molecule has 3 heteroatoms. The van der Waals surface area contributed by atoms with Gasteiger partial charge in [0.1, 0.15) is 5.75 Å². The van der Waals surface area contributed by atoms with Crippen LogP contribution < -0.4 is 0 Å². The number of aromatic hydroxyl groups is 1. The van der Waals surface area contributed by atoms with Gasteiger partial charge in [-0.2, -0.15) is 0 Å². The molecule has 1 saturated heterocycles. The summed E-state index contributed by atoms with van der Waals surface area (Å²) < 4.78 is 0. The highest BCUT2D eigenvalue weighted by atomic mass is 16.3. The number of aromatic nitrogens is 1. The van der Waals surface area contributed by atoms with Gasteiger partial charge in [-0.15, -0.1) is 0 Å². The Labute approximate surface area is 107 Å². The van der Waals surface area contributed by atoms with Crippen molar-refractivity contribution in [2.45, 2.75) is 32.2 Å². The zero-order valence-electron chi connectivity index (χ0n) is 11.0. The van der Waals surface area contributed by atoms with Crippen molar-refractivity contribution in [2.24, 2.45) is 0 Å². The van der Waals surface area contributed by atoms with Crippen molar-refractivity contribution in [3.63, 3.8) is 0 Å². The first-order valence-electron chi connectivity index (χ1n) is 6.66. The van der Waals surface area contributed by atoms with Gasteiger partial charge < -0.3 is 15.0 Å². The van der Waals surface area contributed by atoms with Crippen LogP contribution in [-0.4, -0.2) is 34.6 Å². The molecule has 3 nitrogen and oxygen atoms in total. The topological polar surface area (TPSA) is 39.3 Å². The summed E-state index contributed by atoms with van der Waals surface area (Å²) in [5, 5.41) is 11.1. The summed E-state index contributed by atoms with van der Waals surface area (Å²) in [6.45, 7) is 3.29. The Morgan fingerprint density at radius 3 is 3.00 bits per heavy atom. The summed E-state index contributed by atoms with van der Waals surface area (Å²) in [7, 11) is 2.20. The van der Waals surface area contributed by atoms with Gasteiger partial charge in [0, 0.05) is 22.6 Å². The van der Waals surface area contributed by atoms with E-state index in [0.29, 0.717) is 11.8 Å². The number of rotatable bonds is 2. The molecule has 1 aliphatic rings. The lowest BCUT2D eigenvalue weighted by Crippen LogP contribution is -2.26. The molecule has 0 bridgehead atoms. The third kappa shape index (κ3) is 1.79. The summed E-state index contributed by atoms with van der Waals surface area (Å²) in [6, 6.07) is 6.31. The first-order valence-corrected chi connectivity index (χ1v) is 6.66. The van der Waals surface area contributed by atoms with E-state index in [0.717, 1.165) is 17.3 Å². The summed E-state index contributed by atoms with van der Waals surface area (Å²) in [5.41, 5.74) is 3.51. The number of likely N-dealkylation sites (N-methyl/N-ethyl adjacent to an activating group) is 1. The molecule has 0 amide bonds. The predicted octanol–water partition coefficient (Wildman–Crippen LogP) is 2.82. The molecule has 1 aromatic carbocycles. The highest BCUT2D eigenvalue weighted by Crippen LogP contribution is 2.32. The zero-order valence-corrected chi connectivity index (χ0v) is 11.0. The van der Waals surface area contributed by atoms with Crippen LogP contribution in [0.3, 0.4) is 0 Å². The van der Waals surface area contributed by atoms with Gasteiger partial charge in [0.15, 0.2) is 0 Å². The van der Waals surface area contributed by atoms with Crippen molar-refractivity contribution in [3.05, 3.63) is 29.5 Å². The van der Waals surface area contributed by atoms with E-state index in [1.807, 2.05) is 12.1 Å². The smallest absolute Gasteiger partial charge is 0.125 e. The number of likely N-dealkylation sites (tertiary alicyclic amines) is 1. The van der Waals surface area contributed by atoms with Crippen LogP contribution in [0.25, 0.3) is 10.9 Å². The van der Waals surface area contributed by atoms with Gasteiger partial charge in [0.25, 0.3) is 0 Å². The minimum atomic E-state index is 0.396. The fraction of sp³-hybridized carbons (Fsp3) is 0.467. The van der Waals surface area contributed by atoms with E-state index in [2.05, 4.69) is 23.9 Å². The zero-order chi connectivity index (χ0) is 12.7. The molecule has 0 aliphatic carbocycles. The van der Waals surface area contributed by atoms with E-state index >= 15 is 0 Å². The van der Waals surface area contributed by atoms with Crippen LogP contribution in [0, 0.1) is 6.92 Å². The average Bonchev–Trinajstić information content (AvgIpc) is 2.86. The van der Waals surface area contributed by atoms with E-state index < -0.39 is 0 Å². The second kappa shape index (κ2) is 4.32. The number of nitrogens with zero attached hydrogens (tertiary/aromatic N) is 1. The maximum atomic E-state index is 10.1. The van der Waals surface area contributed by atoms with Crippen molar-refractivity contribution in [3.8, 4) is 5.75 Å². The molecule has 2 N–H and O–H groups in total. The van der Waals surface area contributed by atoms with E-state index in [1.165, 1.54) is 30.6 Å². The third-order valence-corrected chi connectivity index (χ3v) is 4.23. The second-order valence-electron chi connectivity index (χ2n) is 5.41. The average molecular weight is 244 g/mol. The van der Waals surface area contributed by atoms with Crippen LogP contribution in [0.5, 0.6) is 5.75 Å². The molecule has 1 fully saturated rings. The molecule has 96 valence electrons. The van der Waals surface area contributed by atoms with Crippen molar-refractivity contribution in [2.75, 3.05) is 13.6 Å². The molecule has 2 aromatic rings. The number of aromatic amines is 1. The molecule has 0 spiro atoms.